The summed E-state index contributed by atoms with van der Waals surface area (Å²) in [5.74, 6) is -0.856. The Hall–Kier alpha value is -0.705. The van der Waals surface area contributed by atoms with Crippen LogP contribution in [-0.2, 0) is 9.53 Å². The average molecular weight is 331 g/mol. The van der Waals surface area contributed by atoms with Crippen LogP contribution in [0.4, 0.5) is 0 Å². The summed E-state index contributed by atoms with van der Waals surface area (Å²) in [4.78, 5) is 11.7. The van der Waals surface area contributed by atoms with E-state index in [0.29, 0.717) is 45.6 Å². The molecule has 1 aliphatic rings. The Morgan fingerprint density at radius 2 is 2.26 bits per heavy atom. The molecule has 0 saturated carbocycles. The minimum absolute atomic E-state index is 0.0233. The van der Waals surface area contributed by atoms with Crippen LogP contribution in [0.25, 0.3) is 0 Å². The van der Waals surface area contributed by atoms with Gasteiger partial charge in [-0.1, -0.05) is 12.8 Å². The first-order valence-corrected chi connectivity index (χ1v) is 8.27. The number of carboxylic acids is 1. The zero-order chi connectivity index (χ0) is 17.3. The number of nitrogens with one attached hydrogen (secondary N) is 2. The largest absolute Gasteiger partial charge is 0.480 e. The van der Waals surface area contributed by atoms with Gasteiger partial charge in [0, 0.05) is 12.1 Å². The third-order valence-corrected chi connectivity index (χ3v) is 4.13. The molecule has 1 aliphatic heterocycles. The quantitative estimate of drug-likeness (QED) is 0.163. The molecule has 134 valence electrons. The molecule has 1 saturated heterocycles. The van der Waals surface area contributed by atoms with Gasteiger partial charge in [-0.15, -0.1) is 0 Å². The number of ether oxygens (including phenoxy) is 1. The third-order valence-electron chi connectivity index (χ3n) is 4.13. The Balaban J connectivity index is 2.43. The maximum atomic E-state index is 11.7. The zero-order valence-corrected chi connectivity index (χ0v) is 13.8. The second kappa shape index (κ2) is 10.2. The van der Waals surface area contributed by atoms with E-state index in [-0.39, 0.29) is 18.4 Å². The second-order valence-corrected chi connectivity index (χ2v) is 6.43. The molecule has 0 spiro atoms. The van der Waals surface area contributed by atoms with E-state index in [0.717, 1.165) is 6.42 Å². The van der Waals surface area contributed by atoms with Gasteiger partial charge in [0.05, 0.1) is 13.3 Å². The molecular weight excluding hydrogens is 301 g/mol. The van der Waals surface area contributed by atoms with Gasteiger partial charge >= 0.3 is 13.1 Å². The molecule has 0 radical (unpaired) electrons. The molecule has 23 heavy (non-hydrogen) atoms. The summed E-state index contributed by atoms with van der Waals surface area (Å²) < 4.78 is 5.39. The maximum absolute atomic E-state index is 11.7. The van der Waals surface area contributed by atoms with Crippen molar-refractivity contribution in [2.24, 2.45) is 5.73 Å². The fraction of sp³-hybridized carbons (Fsp3) is 0.929. The Morgan fingerprint density at radius 3 is 2.87 bits per heavy atom. The van der Waals surface area contributed by atoms with Crippen LogP contribution in [0.15, 0.2) is 0 Å². The summed E-state index contributed by atoms with van der Waals surface area (Å²) in [5, 5.41) is 33.7. The number of rotatable bonds is 11. The summed E-state index contributed by atoms with van der Waals surface area (Å²) in [6.07, 6.45) is 3.27. The Morgan fingerprint density at radius 1 is 1.52 bits per heavy atom. The van der Waals surface area contributed by atoms with Crippen molar-refractivity contribution in [1.29, 1.82) is 0 Å². The minimum Gasteiger partial charge on any atom is -0.480 e. The van der Waals surface area contributed by atoms with Crippen molar-refractivity contribution >= 4 is 13.1 Å². The summed E-state index contributed by atoms with van der Waals surface area (Å²) in [7, 11) is -1.33. The van der Waals surface area contributed by atoms with E-state index in [4.69, 9.17) is 20.5 Å². The number of hydrogen-bond donors (Lipinski definition) is 6. The third kappa shape index (κ3) is 7.60. The first kappa shape index (κ1) is 20.3. The average Bonchev–Trinajstić information content (AvgIpc) is 2.48. The fourth-order valence-corrected chi connectivity index (χ4v) is 2.89. The molecule has 0 aromatic rings. The van der Waals surface area contributed by atoms with E-state index < -0.39 is 18.6 Å². The lowest BCUT2D eigenvalue weighted by Gasteiger charge is -2.39. The highest BCUT2D eigenvalue weighted by Crippen LogP contribution is 2.26. The van der Waals surface area contributed by atoms with Crippen molar-refractivity contribution in [2.75, 3.05) is 19.9 Å². The van der Waals surface area contributed by atoms with Gasteiger partial charge in [0.2, 0.25) is 0 Å². The summed E-state index contributed by atoms with van der Waals surface area (Å²) >= 11 is 0. The molecule has 0 aliphatic carbocycles. The van der Waals surface area contributed by atoms with Gasteiger partial charge in [-0.2, -0.15) is 0 Å². The van der Waals surface area contributed by atoms with Gasteiger partial charge < -0.3 is 30.9 Å². The Labute approximate surface area is 137 Å². The highest BCUT2D eigenvalue weighted by molar-refractivity contribution is 6.40. The lowest BCUT2D eigenvalue weighted by atomic mass is 9.79. The van der Waals surface area contributed by atoms with Crippen molar-refractivity contribution in [3.8, 4) is 0 Å². The van der Waals surface area contributed by atoms with Crippen LogP contribution in [0.2, 0.25) is 6.32 Å². The molecule has 1 rings (SSSR count). The van der Waals surface area contributed by atoms with E-state index in [2.05, 4.69) is 10.6 Å². The normalized spacial score (nSPS) is 26.0. The molecule has 1 heterocycles. The number of carboxylic acid groups (broad SMARTS) is 1. The maximum Gasteiger partial charge on any atom is 0.451 e. The Bertz CT molecular complexity index is 359. The van der Waals surface area contributed by atoms with Crippen LogP contribution in [0.3, 0.4) is 0 Å². The van der Waals surface area contributed by atoms with E-state index in [1.165, 1.54) is 0 Å². The SMILES string of the molecule is C[C@H](N)COCN[C@H]1CCN[C@@](CCCCB(O)O)(C(=O)O)C1. The summed E-state index contributed by atoms with van der Waals surface area (Å²) in [6, 6.07) is 0.0497. The number of unbranched alkanes of at least 4 members (excludes halogenated alkanes) is 1. The van der Waals surface area contributed by atoms with E-state index in [1.54, 1.807) is 0 Å². The summed E-state index contributed by atoms with van der Waals surface area (Å²) in [6.45, 7) is 3.31. The molecule has 0 unspecified atom stereocenters. The first-order chi connectivity index (χ1) is 10.9. The molecule has 9 heteroatoms. The first-order valence-electron chi connectivity index (χ1n) is 8.27. The zero-order valence-electron chi connectivity index (χ0n) is 13.8. The van der Waals surface area contributed by atoms with Crippen LogP contribution >= 0.6 is 0 Å². The molecule has 0 bridgehead atoms. The second-order valence-electron chi connectivity index (χ2n) is 6.43. The lowest BCUT2D eigenvalue weighted by molar-refractivity contribution is -0.147. The molecule has 1 fully saturated rings. The predicted octanol–water partition coefficient (Wildman–Crippen LogP) is -0.884. The van der Waals surface area contributed by atoms with Crippen molar-refractivity contribution in [2.45, 2.75) is 63.0 Å². The van der Waals surface area contributed by atoms with Crippen molar-refractivity contribution in [3.05, 3.63) is 0 Å². The van der Waals surface area contributed by atoms with Crippen LogP contribution in [0.1, 0.15) is 39.0 Å². The molecule has 3 atom stereocenters. The minimum atomic E-state index is -1.33. The van der Waals surface area contributed by atoms with Crippen LogP contribution in [0.5, 0.6) is 0 Å². The van der Waals surface area contributed by atoms with Crippen LogP contribution in [-0.4, -0.2) is 65.7 Å². The number of nitrogens with two attached hydrogens (primary N) is 1. The highest BCUT2D eigenvalue weighted by atomic mass is 16.5. The highest BCUT2D eigenvalue weighted by Gasteiger charge is 2.42. The van der Waals surface area contributed by atoms with Crippen molar-refractivity contribution in [1.82, 2.24) is 10.6 Å². The van der Waals surface area contributed by atoms with E-state index >= 15 is 0 Å². The van der Waals surface area contributed by atoms with E-state index in [9.17, 15) is 9.90 Å². The monoisotopic (exact) mass is 331 g/mol. The number of hydrogen-bond acceptors (Lipinski definition) is 7. The van der Waals surface area contributed by atoms with Gasteiger partial charge in [-0.05, 0) is 39.1 Å². The molecule has 8 nitrogen and oxygen atoms in total. The van der Waals surface area contributed by atoms with Gasteiger partial charge in [0.1, 0.15) is 5.54 Å². The number of aliphatic carboxylic acids is 1. The van der Waals surface area contributed by atoms with Gasteiger partial charge in [-0.3, -0.25) is 10.1 Å². The summed E-state index contributed by atoms with van der Waals surface area (Å²) in [5.41, 5.74) is 4.65. The molecular formula is C14H30BN3O5. The topological polar surface area (TPSA) is 137 Å². The van der Waals surface area contributed by atoms with Crippen molar-refractivity contribution < 1.29 is 24.7 Å². The molecule has 0 aromatic carbocycles. The fourth-order valence-electron chi connectivity index (χ4n) is 2.89. The van der Waals surface area contributed by atoms with Gasteiger partial charge in [0.15, 0.2) is 0 Å². The molecule has 0 aromatic heterocycles. The van der Waals surface area contributed by atoms with Gasteiger partial charge in [-0.25, -0.2) is 0 Å². The lowest BCUT2D eigenvalue weighted by Crippen LogP contribution is -2.60. The smallest absolute Gasteiger partial charge is 0.451 e. The molecule has 0 amide bonds. The van der Waals surface area contributed by atoms with E-state index in [1.807, 2.05) is 6.92 Å². The standard InChI is InChI=1S/C14H30BN3O5/c1-11(16)9-23-10-17-12-4-7-18-14(8-12,13(19)20)5-2-3-6-15(21)22/h11-12,17-18,21-22H,2-10,16H2,1H3,(H,19,20)/t11-,12-,14+/m0/s1. The van der Waals surface area contributed by atoms with Crippen molar-refractivity contribution in [3.63, 3.8) is 0 Å². The van der Waals surface area contributed by atoms with Crippen LogP contribution < -0.4 is 16.4 Å². The molecule has 7 N–H and O–H groups in total. The van der Waals surface area contributed by atoms with Crippen LogP contribution in [0, 0.1) is 0 Å². The number of piperidine rings is 1. The Kier molecular flexibility index (Phi) is 9.04. The predicted molar refractivity (Wildman–Crippen MR) is 87.8 cm³/mol. The number of carbonyl (C=O) groups is 1. The van der Waals surface area contributed by atoms with Gasteiger partial charge in [0.25, 0.3) is 0 Å².